The Morgan fingerprint density at radius 1 is 0.917 bits per heavy atom. The van der Waals surface area contributed by atoms with E-state index in [4.69, 9.17) is 23.2 Å². The number of amides is 3. The number of halogens is 5. The summed E-state index contributed by atoms with van der Waals surface area (Å²) in [5.74, 6) is -2.12. The molecule has 1 aliphatic rings. The Labute approximate surface area is 213 Å². The van der Waals surface area contributed by atoms with E-state index in [9.17, 15) is 27.6 Å². The summed E-state index contributed by atoms with van der Waals surface area (Å²) >= 11 is 12.1. The van der Waals surface area contributed by atoms with Gasteiger partial charge in [-0.2, -0.15) is 13.2 Å². The number of hydrogen-bond donors (Lipinski definition) is 2. The predicted octanol–water partition coefficient (Wildman–Crippen LogP) is 6.36. The molecule has 6 nitrogen and oxygen atoms in total. The Morgan fingerprint density at radius 2 is 1.64 bits per heavy atom. The first-order valence-corrected chi connectivity index (χ1v) is 11.1. The molecule has 1 heterocycles. The SMILES string of the molecule is Cc1ccccc1N1C(=O)C(Cl)=C(Nc2cccc(C(=O)Nc3cc(C(F)(F)F)ccc3Cl)c2)C1=O. The van der Waals surface area contributed by atoms with E-state index in [0.29, 0.717) is 11.3 Å². The number of rotatable bonds is 5. The average Bonchev–Trinajstić information content (AvgIpc) is 3.03. The van der Waals surface area contributed by atoms with Crippen molar-refractivity contribution in [1.82, 2.24) is 0 Å². The number of nitrogens with one attached hydrogen (secondary N) is 2. The van der Waals surface area contributed by atoms with Crippen LogP contribution < -0.4 is 15.5 Å². The summed E-state index contributed by atoms with van der Waals surface area (Å²) in [6.07, 6.45) is -4.61. The second kappa shape index (κ2) is 9.67. The van der Waals surface area contributed by atoms with E-state index in [-0.39, 0.29) is 32.7 Å². The van der Waals surface area contributed by atoms with E-state index < -0.39 is 29.5 Å². The molecule has 2 N–H and O–H groups in total. The van der Waals surface area contributed by atoms with Crippen LogP contribution in [0.1, 0.15) is 21.5 Å². The van der Waals surface area contributed by atoms with Crippen molar-refractivity contribution < 1.29 is 27.6 Å². The fraction of sp³-hybridized carbons (Fsp3) is 0.0800. The molecule has 3 aromatic rings. The number of imide groups is 1. The van der Waals surface area contributed by atoms with Crippen molar-refractivity contribution >= 4 is 58.0 Å². The fourth-order valence-corrected chi connectivity index (χ4v) is 3.90. The smallest absolute Gasteiger partial charge is 0.350 e. The van der Waals surface area contributed by atoms with E-state index in [1.165, 1.54) is 24.3 Å². The molecule has 3 aromatic carbocycles. The van der Waals surface area contributed by atoms with Crippen molar-refractivity contribution in [2.24, 2.45) is 0 Å². The Morgan fingerprint density at radius 3 is 2.33 bits per heavy atom. The molecule has 11 heteroatoms. The second-order valence-electron chi connectivity index (χ2n) is 7.77. The van der Waals surface area contributed by atoms with Crippen LogP contribution in [0, 0.1) is 6.92 Å². The van der Waals surface area contributed by atoms with E-state index in [1.807, 2.05) is 0 Å². The molecule has 3 amide bonds. The lowest BCUT2D eigenvalue weighted by Crippen LogP contribution is -2.32. The highest BCUT2D eigenvalue weighted by molar-refractivity contribution is 6.53. The molecule has 36 heavy (non-hydrogen) atoms. The minimum absolute atomic E-state index is 0.0535. The third kappa shape index (κ3) is 4.93. The molecular weight excluding hydrogens is 518 g/mol. The first-order valence-electron chi connectivity index (χ1n) is 10.4. The van der Waals surface area contributed by atoms with Gasteiger partial charge in [-0.05, 0) is 55.0 Å². The largest absolute Gasteiger partial charge is 0.416 e. The number of carbonyl (C=O) groups is 3. The molecule has 0 fully saturated rings. The predicted molar refractivity (Wildman–Crippen MR) is 131 cm³/mol. The summed E-state index contributed by atoms with van der Waals surface area (Å²) in [7, 11) is 0. The quantitative estimate of drug-likeness (QED) is 0.374. The maximum Gasteiger partial charge on any atom is 0.416 e. The van der Waals surface area contributed by atoms with Crippen LogP contribution in [0.15, 0.2) is 77.5 Å². The first kappa shape index (κ1) is 25.3. The Bertz CT molecular complexity index is 1440. The van der Waals surface area contributed by atoms with Crippen LogP contribution in [0.2, 0.25) is 5.02 Å². The molecular formula is C25H16Cl2F3N3O3. The van der Waals surface area contributed by atoms with E-state index in [0.717, 1.165) is 23.1 Å². The highest BCUT2D eigenvalue weighted by Gasteiger charge is 2.39. The van der Waals surface area contributed by atoms with Crippen LogP contribution >= 0.6 is 23.2 Å². The summed E-state index contributed by atoms with van der Waals surface area (Å²) in [4.78, 5) is 39.4. The second-order valence-corrected chi connectivity index (χ2v) is 8.56. The first-order chi connectivity index (χ1) is 17.0. The third-order valence-electron chi connectivity index (χ3n) is 5.32. The summed E-state index contributed by atoms with van der Waals surface area (Å²) in [6.45, 7) is 1.74. The normalized spacial score (nSPS) is 13.9. The Balaban J connectivity index is 1.56. The van der Waals surface area contributed by atoms with Crippen LogP contribution in [0.5, 0.6) is 0 Å². The van der Waals surface area contributed by atoms with Gasteiger partial charge in [0.05, 0.1) is 22.0 Å². The van der Waals surface area contributed by atoms with Gasteiger partial charge in [-0.1, -0.05) is 47.5 Å². The number of benzene rings is 3. The van der Waals surface area contributed by atoms with Crippen LogP contribution in [-0.4, -0.2) is 17.7 Å². The number of nitrogens with zero attached hydrogens (tertiary/aromatic N) is 1. The van der Waals surface area contributed by atoms with Gasteiger partial charge in [0.25, 0.3) is 17.7 Å². The lowest BCUT2D eigenvalue weighted by Gasteiger charge is -2.17. The van der Waals surface area contributed by atoms with Gasteiger partial charge in [-0.3, -0.25) is 14.4 Å². The molecule has 0 spiro atoms. The topological polar surface area (TPSA) is 78.5 Å². The Kier molecular flexibility index (Phi) is 6.79. The van der Waals surface area contributed by atoms with Crippen LogP contribution in [0.3, 0.4) is 0 Å². The van der Waals surface area contributed by atoms with Gasteiger partial charge >= 0.3 is 6.18 Å². The number of para-hydroxylation sites is 1. The van der Waals surface area contributed by atoms with Crippen molar-refractivity contribution in [3.8, 4) is 0 Å². The van der Waals surface area contributed by atoms with Crippen molar-refractivity contribution in [2.45, 2.75) is 13.1 Å². The zero-order valence-electron chi connectivity index (χ0n) is 18.4. The summed E-state index contributed by atoms with van der Waals surface area (Å²) in [5.41, 5.74) is 0.0121. The van der Waals surface area contributed by atoms with Gasteiger partial charge < -0.3 is 10.6 Å². The molecule has 0 saturated carbocycles. The highest BCUT2D eigenvalue weighted by Crippen LogP contribution is 2.34. The number of alkyl halides is 3. The fourth-order valence-electron chi connectivity index (χ4n) is 3.52. The molecule has 0 saturated heterocycles. The molecule has 0 radical (unpaired) electrons. The molecule has 0 aliphatic carbocycles. The average molecular weight is 534 g/mol. The van der Waals surface area contributed by atoms with Gasteiger partial charge in [0, 0.05) is 11.3 Å². The van der Waals surface area contributed by atoms with E-state index in [1.54, 1.807) is 31.2 Å². The maximum absolute atomic E-state index is 13.0. The molecule has 0 atom stereocenters. The molecule has 1 aliphatic heterocycles. The Hall–Kier alpha value is -3.82. The zero-order chi connectivity index (χ0) is 26.2. The van der Waals surface area contributed by atoms with Crippen molar-refractivity contribution in [3.05, 3.63) is 99.2 Å². The van der Waals surface area contributed by atoms with Gasteiger partial charge in [0.15, 0.2) is 0 Å². The van der Waals surface area contributed by atoms with Gasteiger partial charge in [-0.25, -0.2) is 4.90 Å². The molecule has 0 aromatic heterocycles. The molecule has 0 bridgehead atoms. The lowest BCUT2D eigenvalue weighted by atomic mass is 10.1. The lowest BCUT2D eigenvalue weighted by molar-refractivity contribution is -0.137. The monoisotopic (exact) mass is 533 g/mol. The van der Waals surface area contributed by atoms with Crippen molar-refractivity contribution in [3.63, 3.8) is 0 Å². The van der Waals surface area contributed by atoms with Crippen LogP contribution in [0.4, 0.5) is 30.2 Å². The molecule has 0 unspecified atom stereocenters. The van der Waals surface area contributed by atoms with Crippen LogP contribution in [-0.2, 0) is 15.8 Å². The highest BCUT2D eigenvalue weighted by atomic mass is 35.5. The standard InChI is InChI=1S/C25H16Cl2F3N3O3/c1-13-5-2-3-8-19(13)33-23(35)20(27)21(24(33)36)31-16-7-4-6-14(11-16)22(34)32-18-12-15(25(28,29)30)9-10-17(18)26/h2-12,31H,1H3,(H,32,34). The maximum atomic E-state index is 13.0. The number of anilines is 3. The number of hydrogen-bond acceptors (Lipinski definition) is 4. The molecule has 184 valence electrons. The number of carbonyl (C=O) groups excluding carboxylic acids is 3. The van der Waals surface area contributed by atoms with Gasteiger partial charge in [0.1, 0.15) is 10.7 Å². The van der Waals surface area contributed by atoms with Gasteiger partial charge in [0.2, 0.25) is 0 Å². The van der Waals surface area contributed by atoms with Crippen molar-refractivity contribution in [1.29, 1.82) is 0 Å². The third-order valence-corrected chi connectivity index (χ3v) is 6.00. The van der Waals surface area contributed by atoms with Crippen LogP contribution in [0.25, 0.3) is 0 Å². The number of aryl methyl sites for hydroxylation is 1. The van der Waals surface area contributed by atoms with Crippen molar-refractivity contribution in [2.75, 3.05) is 15.5 Å². The molecule has 4 rings (SSSR count). The summed E-state index contributed by atoms with van der Waals surface area (Å²) in [6, 6.07) is 15.2. The van der Waals surface area contributed by atoms with E-state index >= 15 is 0 Å². The minimum Gasteiger partial charge on any atom is -0.350 e. The summed E-state index contributed by atoms with van der Waals surface area (Å²) in [5, 5.41) is 4.72. The minimum atomic E-state index is -4.61. The summed E-state index contributed by atoms with van der Waals surface area (Å²) < 4.78 is 39.1. The zero-order valence-corrected chi connectivity index (χ0v) is 19.9. The van der Waals surface area contributed by atoms with E-state index in [2.05, 4.69) is 10.6 Å². The van der Waals surface area contributed by atoms with Gasteiger partial charge in [-0.15, -0.1) is 0 Å².